The lowest BCUT2D eigenvalue weighted by atomic mass is 10.1. The van der Waals surface area contributed by atoms with Crippen LogP contribution >= 0.6 is 0 Å². The van der Waals surface area contributed by atoms with Crippen molar-refractivity contribution in [3.63, 3.8) is 0 Å². The van der Waals surface area contributed by atoms with E-state index in [2.05, 4.69) is 43.3 Å². The summed E-state index contributed by atoms with van der Waals surface area (Å²) in [6.07, 6.45) is 0. The maximum Gasteiger partial charge on any atom is 0.248 e. The summed E-state index contributed by atoms with van der Waals surface area (Å²) in [6, 6.07) is 9.92. The van der Waals surface area contributed by atoms with Gasteiger partial charge in [-0.1, -0.05) is 18.2 Å². The molecule has 1 unspecified atom stereocenters. The Morgan fingerprint density at radius 3 is 2.67 bits per heavy atom. The largest absolute Gasteiger partial charge is 0.322 e. The Hall–Kier alpha value is -1.65. The molecule has 4 nitrogen and oxygen atoms in total. The van der Waals surface area contributed by atoms with Gasteiger partial charge in [-0.25, -0.2) is 0 Å². The number of H-pyrrole nitrogens is 1. The number of aromatic nitrogens is 1. The highest BCUT2D eigenvalue weighted by atomic mass is 16.1. The van der Waals surface area contributed by atoms with E-state index in [0.717, 1.165) is 23.0 Å². The summed E-state index contributed by atoms with van der Waals surface area (Å²) in [4.78, 5) is 14.6. The van der Waals surface area contributed by atoms with Crippen molar-refractivity contribution >= 4 is 10.9 Å². The fraction of sp³-hybridized carbons (Fsp3) is 0.471. The number of nitrogens with one attached hydrogen (secondary N) is 3. The molecule has 0 saturated heterocycles. The fourth-order valence-corrected chi connectivity index (χ4v) is 2.24. The minimum absolute atomic E-state index is 0.0500. The summed E-state index contributed by atoms with van der Waals surface area (Å²) in [7, 11) is 0. The molecule has 3 N–H and O–H groups in total. The van der Waals surface area contributed by atoms with E-state index in [0.29, 0.717) is 12.6 Å². The molecule has 0 fully saturated rings. The second-order valence-corrected chi connectivity index (χ2v) is 6.62. The van der Waals surface area contributed by atoms with Gasteiger partial charge in [-0.2, -0.15) is 0 Å². The molecule has 0 saturated carbocycles. The molecule has 114 valence electrons. The average molecular weight is 287 g/mol. The molecule has 0 spiro atoms. The first-order chi connectivity index (χ1) is 9.85. The van der Waals surface area contributed by atoms with Gasteiger partial charge in [0.1, 0.15) is 0 Å². The third-order valence-corrected chi connectivity index (χ3v) is 3.42. The molecule has 1 atom stereocenters. The van der Waals surface area contributed by atoms with Crippen LogP contribution in [0.2, 0.25) is 0 Å². The van der Waals surface area contributed by atoms with E-state index in [1.165, 1.54) is 0 Å². The number of benzene rings is 1. The van der Waals surface area contributed by atoms with Crippen molar-refractivity contribution in [2.45, 2.75) is 45.8 Å². The van der Waals surface area contributed by atoms with Crippen molar-refractivity contribution in [2.24, 2.45) is 0 Å². The number of aromatic amines is 1. The number of hydrogen-bond acceptors (Lipinski definition) is 3. The zero-order valence-electron chi connectivity index (χ0n) is 13.3. The van der Waals surface area contributed by atoms with E-state index >= 15 is 0 Å². The second-order valence-electron chi connectivity index (χ2n) is 6.62. The SMILES string of the molecule is CC(CNC(C)(C)C)NCc1cc(=O)[nH]c2ccccc12. The average Bonchev–Trinajstić information content (AvgIpc) is 2.41. The number of rotatable bonds is 5. The van der Waals surface area contributed by atoms with Crippen LogP contribution in [0.4, 0.5) is 0 Å². The van der Waals surface area contributed by atoms with E-state index in [9.17, 15) is 4.79 Å². The lowest BCUT2D eigenvalue weighted by Gasteiger charge is -2.24. The first-order valence-corrected chi connectivity index (χ1v) is 7.44. The van der Waals surface area contributed by atoms with Gasteiger partial charge < -0.3 is 15.6 Å². The highest BCUT2D eigenvalue weighted by molar-refractivity contribution is 5.81. The summed E-state index contributed by atoms with van der Waals surface area (Å²) in [5.74, 6) is 0. The van der Waals surface area contributed by atoms with Crippen LogP contribution in [-0.2, 0) is 6.54 Å². The molecule has 0 bridgehead atoms. The monoisotopic (exact) mass is 287 g/mol. The van der Waals surface area contributed by atoms with Gasteiger partial charge in [-0.3, -0.25) is 4.79 Å². The first kappa shape index (κ1) is 15.7. The quantitative estimate of drug-likeness (QED) is 0.791. The molecule has 0 aliphatic heterocycles. The third-order valence-electron chi connectivity index (χ3n) is 3.42. The minimum atomic E-state index is -0.0500. The summed E-state index contributed by atoms with van der Waals surface area (Å²) in [6.45, 7) is 10.2. The molecule has 0 aliphatic carbocycles. The predicted molar refractivity (Wildman–Crippen MR) is 88.6 cm³/mol. The van der Waals surface area contributed by atoms with Crippen molar-refractivity contribution < 1.29 is 0 Å². The molecule has 0 amide bonds. The van der Waals surface area contributed by atoms with Crippen molar-refractivity contribution in [2.75, 3.05) is 6.54 Å². The van der Waals surface area contributed by atoms with Crippen LogP contribution in [-0.4, -0.2) is 23.1 Å². The van der Waals surface area contributed by atoms with Crippen molar-refractivity contribution in [3.8, 4) is 0 Å². The van der Waals surface area contributed by atoms with Crippen LogP contribution in [0.25, 0.3) is 10.9 Å². The molecule has 0 aliphatic rings. The maximum atomic E-state index is 11.7. The van der Waals surface area contributed by atoms with E-state index < -0.39 is 0 Å². The first-order valence-electron chi connectivity index (χ1n) is 7.44. The Bertz CT molecular complexity index is 655. The molecule has 1 aromatic heterocycles. The van der Waals surface area contributed by atoms with Gasteiger partial charge in [0.15, 0.2) is 0 Å². The molecular weight excluding hydrogens is 262 g/mol. The maximum absolute atomic E-state index is 11.7. The zero-order chi connectivity index (χ0) is 15.5. The Morgan fingerprint density at radius 1 is 1.24 bits per heavy atom. The van der Waals surface area contributed by atoms with Crippen molar-refractivity contribution in [1.82, 2.24) is 15.6 Å². The van der Waals surface area contributed by atoms with Gasteiger partial charge >= 0.3 is 0 Å². The van der Waals surface area contributed by atoms with Crippen molar-refractivity contribution in [1.29, 1.82) is 0 Å². The second kappa shape index (κ2) is 6.41. The van der Waals surface area contributed by atoms with Gasteiger partial charge in [-0.15, -0.1) is 0 Å². The van der Waals surface area contributed by atoms with E-state index in [4.69, 9.17) is 0 Å². The molecule has 1 aromatic carbocycles. The van der Waals surface area contributed by atoms with E-state index in [-0.39, 0.29) is 11.1 Å². The molecule has 21 heavy (non-hydrogen) atoms. The molecule has 2 rings (SSSR count). The molecule has 0 radical (unpaired) electrons. The lowest BCUT2D eigenvalue weighted by molar-refractivity contribution is 0.387. The smallest absolute Gasteiger partial charge is 0.248 e. The number of fused-ring (bicyclic) bond motifs is 1. The van der Waals surface area contributed by atoms with E-state index in [1.807, 2.05) is 24.3 Å². The number of hydrogen-bond donors (Lipinski definition) is 3. The summed E-state index contributed by atoms with van der Waals surface area (Å²) in [5.41, 5.74) is 2.00. The van der Waals surface area contributed by atoms with Crippen molar-refractivity contribution in [3.05, 3.63) is 46.2 Å². The van der Waals surface area contributed by atoms with Crippen LogP contribution in [0.1, 0.15) is 33.3 Å². The summed E-state index contributed by atoms with van der Waals surface area (Å²) >= 11 is 0. The number of pyridine rings is 1. The van der Waals surface area contributed by atoms with Crippen LogP contribution in [0.3, 0.4) is 0 Å². The lowest BCUT2D eigenvalue weighted by Crippen LogP contribution is -2.44. The molecule has 4 heteroatoms. The standard InChI is InChI=1S/C17H25N3O/c1-12(10-19-17(2,3)4)18-11-13-9-16(21)20-15-8-6-5-7-14(13)15/h5-9,12,18-19H,10-11H2,1-4H3,(H,20,21). The fourth-order valence-electron chi connectivity index (χ4n) is 2.24. The Balaban J connectivity index is 2.05. The van der Waals surface area contributed by atoms with Gasteiger partial charge in [-0.05, 0) is 39.3 Å². The Morgan fingerprint density at radius 2 is 1.95 bits per heavy atom. The Kier molecular flexibility index (Phi) is 4.80. The summed E-state index contributed by atoms with van der Waals surface area (Å²) in [5, 5.41) is 8.05. The molecule has 1 heterocycles. The molecule has 2 aromatic rings. The van der Waals surface area contributed by atoms with Crippen LogP contribution < -0.4 is 16.2 Å². The van der Waals surface area contributed by atoms with Crippen LogP contribution in [0, 0.1) is 0 Å². The zero-order valence-corrected chi connectivity index (χ0v) is 13.3. The van der Waals surface area contributed by atoms with Gasteiger partial charge in [0.25, 0.3) is 0 Å². The normalized spacial score (nSPS) is 13.5. The number of para-hydroxylation sites is 1. The Labute approximate surface area is 126 Å². The predicted octanol–water partition coefficient (Wildman–Crippen LogP) is 2.39. The minimum Gasteiger partial charge on any atom is -0.322 e. The topological polar surface area (TPSA) is 56.9 Å². The van der Waals surface area contributed by atoms with E-state index in [1.54, 1.807) is 6.07 Å². The van der Waals surface area contributed by atoms with Crippen LogP contribution in [0.5, 0.6) is 0 Å². The van der Waals surface area contributed by atoms with Crippen LogP contribution in [0.15, 0.2) is 35.1 Å². The highest BCUT2D eigenvalue weighted by Gasteiger charge is 2.11. The third kappa shape index (κ3) is 4.69. The summed E-state index contributed by atoms with van der Waals surface area (Å²) < 4.78 is 0. The molecular formula is C17H25N3O. The highest BCUT2D eigenvalue weighted by Crippen LogP contribution is 2.14. The van der Waals surface area contributed by atoms with Gasteiger partial charge in [0.05, 0.1) is 0 Å². The van der Waals surface area contributed by atoms with Gasteiger partial charge in [0, 0.05) is 41.6 Å². The van der Waals surface area contributed by atoms with Gasteiger partial charge in [0.2, 0.25) is 5.56 Å².